The van der Waals surface area contributed by atoms with Crippen LogP contribution in [0.15, 0.2) is 77.4 Å². The van der Waals surface area contributed by atoms with Crippen molar-refractivity contribution < 1.29 is 4.42 Å². The first-order valence-corrected chi connectivity index (χ1v) is 6.66. The molecule has 2 aromatic carbocycles. The number of oxazole rings is 1. The molecule has 0 amide bonds. The highest BCUT2D eigenvalue weighted by Crippen LogP contribution is 2.19. The number of nitrogens with zero attached hydrogens (tertiary/aromatic N) is 1. The van der Waals surface area contributed by atoms with E-state index < -0.39 is 0 Å². The normalized spacial score (nSPS) is 10.3. The number of benzene rings is 2. The Bertz CT molecular complexity index is 790. The molecule has 0 spiro atoms. The monoisotopic (exact) mass is 271 g/mol. The van der Waals surface area contributed by atoms with E-state index in [1.54, 1.807) is 12.3 Å². The fourth-order valence-electron chi connectivity index (χ4n) is 1.87. The van der Waals surface area contributed by atoms with Gasteiger partial charge in [0.2, 0.25) is 0 Å². The molecule has 0 N–H and O–H groups in total. The fraction of sp³-hybridized carbons (Fsp3) is 0. The van der Waals surface area contributed by atoms with Gasteiger partial charge < -0.3 is 4.42 Å². The average Bonchev–Trinajstić information content (AvgIpc) is 3.02. The lowest BCUT2D eigenvalue weighted by Gasteiger charge is -1.92. The van der Waals surface area contributed by atoms with Crippen LogP contribution in [0.5, 0.6) is 0 Å². The van der Waals surface area contributed by atoms with E-state index in [1.807, 2.05) is 66.7 Å². The highest BCUT2D eigenvalue weighted by molar-refractivity contribution is 5.56. The minimum atomic E-state index is 0.423. The fourth-order valence-corrected chi connectivity index (χ4v) is 1.87. The molecule has 0 saturated heterocycles. The Morgan fingerprint density at radius 1 is 0.905 bits per heavy atom. The van der Waals surface area contributed by atoms with E-state index >= 15 is 0 Å². The van der Waals surface area contributed by atoms with Gasteiger partial charge in [-0.25, -0.2) is 4.98 Å². The Kier molecular flexibility index (Phi) is 3.95. The van der Waals surface area contributed by atoms with Crippen LogP contribution in [-0.2, 0) is 0 Å². The van der Waals surface area contributed by atoms with Crippen molar-refractivity contribution in [2.24, 2.45) is 0 Å². The Morgan fingerprint density at radius 2 is 1.62 bits per heavy atom. The van der Waals surface area contributed by atoms with Crippen LogP contribution in [0.1, 0.15) is 11.5 Å². The predicted molar refractivity (Wildman–Crippen MR) is 84.3 cm³/mol. The number of rotatable bonds is 2. The van der Waals surface area contributed by atoms with E-state index in [0.717, 1.165) is 16.9 Å². The summed E-state index contributed by atoms with van der Waals surface area (Å²) in [6.07, 6.45) is 5.44. The van der Waals surface area contributed by atoms with Gasteiger partial charge in [0.25, 0.3) is 5.89 Å². The number of aromatic nitrogens is 1. The summed E-state index contributed by atoms with van der Waals surface area (Å²) in [5.41, 5.74) is 2.11. The maximum absolute atomic E-state index is 5.60. The third kappa shape index (κ3) is 3.49. The van der Waals surface area contributed by atoms with E-state index in [4.69, 9.17) is 4.42 Å². The molecular formula is C19H13NO. The number of hydrogen-bond donors (Lipinski definition) is 0. The highest BCUT2D eigenvalue weighted by atomic mass is 16.4. The van der Waals surface area contributed by atoms with Crippen LogP contribution in [0, 0.1) is 11.8 Å². The number of hydrogen-bond acceptors (Lipinski definition) is 2. The molecule has 3 rings (SSSR count). The summed E-state index contributed by atoms with van der Waals surface area (Å²) in [7, 11) is 0. The lowest BCUT2D eigenvalue weighted by Crippen LogP contribution is -1.70. The molecule has 0 unspecified atom stereocenters. The van der Waals surface area contributed by atoms with Gasteiger partial charge in [-0.3, -0.25) is 0 Å². The largest absolute Gasteiger partial charge is 0.430 e. The Balaban J connectivity index is 1.71. The average molecular weight is 271 g/mol. The van der Waals surface area contributed by atoms with Crippen LogP contribution < -0.4 is 0 Å². The van der Waals surface area contributed by atoms with Crippen molar-refractivity contribution in [1.29, 1.82) is 0 Å². The van der Waals surface area contributed by atoms with Crippen molar-refractivity contribution in [1.82, 2.24) is 4.98 Å². The molecule has 0 aliphatic carbocycles. The predicted octanol–water partition coefficient (Wildman–Crippen LogP) is 4.41. The first-order chi connectivity index (χ1) is 10.4. The van der Waals surface area contributed by atoms with Crippen LogP contribution in [0.4, 0.5) is 0 Å². The Labute approximate surface area is 123 Å². The van der Waals surface area contributed by atoms with Crippen LogP contribution in [0.2, 0.25) is 0 Å². The van der Waals surface area contributed by atoms with Crippen molar-refractivity contribution >= 4 is 6.08 Å². The second-order valence-corrected chi connectivity index (χ2v) is 4.41. The zero-order chi connectivity index (χ0) is 14.3. The van der Waals surface area contributed by atoms with Crippen molar-refractivity contribution in [3.63, 3.8) is 0 Å². The van der Waals surface area contributed by atoms with Crippen LogP contribution >= 0.6 is 0 Å². The van der Waals surface area contributed by atoms with Crippen molar-refractivity contribution in [2.75, 3.05) is 0 Å². The van der Waals surface area contributed by atoms with E-state index in [9.17, 15) is 0 Å². The molecule has 0 fully saturated rings. The summed E-state index contributed by atoms with van der Waals surface area (Å²) in [4.78, 5) is 4.16. The molecule has 1 heterocycles. The van der Waals surface area contributed by atoms with Gasteiger partial charge in [-0.1, -0.05) is 66.6 Å². The van der Waals surface area contributed by atoms with E-state index in [2.05, 4.69) is 16.8 Å². The summed E-state index contributed by atoms with van der Waals surface area (Å²) < 4.78 is 5.60. The molecule has 0 aliphatic heterocycles. The lowest BCUT2D eigenvalue weighted by molar-refractivity contribution is 0.557. The van der Waals surface area contributed by atoms with E-state index in [1.165, 1.54) is 0 Å². The third-order valence-electron chi connectivity index (χ3n) is 2.90. The first kappa shape index (κ1) is 13.0. The summed E-state index contributed by atoms with van der Waals surface area (Å²) in [6.45, 7) is 0. The van der Waals surface area contributed by atoms with Crippen LogP contribution in [0.3, 0.4) is 0 Å². The maximum Gasteiger partial charge on any atom is 0.274 e. The minimum Gasteiger partial charge on any atom is -0.430 e. The van der Waals surface area contributed by atoms with Crippen molar-refractivity contribution in [3.05, 3.63) is 84.4 Å². The van der Waals surface area contributed by atoms with Gasteiger partial charge in [-0.2, -0.15) is 0 Å². The smallest absolute Gasteiger partial charge is 0.274 e. The van der Waals surface area contributed by atoms with E-state index in [0.29, 0.717) is 5.89 Å². The Morgan fingerprint density at radius 3 is 2.38 bits per heavy atom. The number of allylic oxidation sites excluding steroid dienone is 1. The maximum atomic E-state index is 5.60. The van der Waals surface area contributed by atoms with Gasteiger partial charge in [-0.15, -0.1) is 0 Å². The summed E-state index contributed by atoms with van der Waals surface area (Å²) in [6, 6.07) is 19.9. The van der Waals surface area contributed by atoms with Gasteiger partial charge >= 0.3 is 0 Å². The quantitative estimate of drug-likeness (QED) is 0.645. The van der Waals surface area contributed by atoms with Crippen molar-refractivity contribution in [2.45, 2.75) is 0 Å². The molecule has 0 bridgehead atoms. The molecule has 0 atom stereocenters. The van der Waals surface area contributed by atoms with Gasteiger partial charge in [-0.05, 0) is 23.6 Å². The molecule has 2 heteroatoms. The van der Waals surface area contributed by atoms with E-state index in [-0.39, 0.29) is 0 Å². The van der Waals surface area contributed by atoms with Gasteiger partial charge in [0.1, 0.15) is 0 Å². The zero-order valence-electron chi connectivity index (χ0n) is 11.4. The van der Waals surface area contributed by atoms with Gasteiger partial charge in [0, 0.05) is 5.56 Å². The molecule has 3 aromatic rings. The SMILES string of the molecule is C(#Cc1ncc(-c2ccccc2)o1)/C=C/c1ccccc1. The van der Waals surface area contributed by atoms with Gasteiger partial charge in [0.15, 0.2) is 5.76 Å². The molecule has 0 saturated carbocycles. The molecule has 0 radical (unpaired) electrons. The second-order valence-electron chi connectivity index (χ2n) is 4.41. The summed E-state index contributed by atoms with van der Waals surface area (Å²) >= 11 is 0. The highest BCUT2D eigenvalue weighted by Gasteiger charge is 2.02. The standard InChI is InChI=1S/C19H13NO/c1-3-9-16(10-4-1)11-7-8-14-19-20-15-18(21-19)17-12-5-2-6-13-17/h1-7,9-13,15H/b11-7+. The molecular weight excluding hydrogens is 258 g/mol. The van der Waals surface area contributed by atoms with Gasteiger partial charge in [0.05, 0.1) is 6.20 Å². The molecule has 0 aliphatic rings. The summed E-state index contributed by atoms with van der Waals surface area (Å²) in [5, 5.41) is 0. The summed E-state index contributed by atoms with van der Waals surface area (Å²) in [5.74, 6) is 6.97. The van der Waals surface area contributed by atoms with Crippen LogP contribution in [-0.4, -0.2) is 4.98 Å². The zero-order valence-corrected chi connectivity index (χ0v) is 11.4. The Hall–Kier alpha value is -3.05. The van der Waals surface area contributed by atoms with Crippen molar-refractivity contribution in [3.8, 4) is 23.2 Å². The first-order valence-electron chi connectivity index (χ1n) is 6.66. The molecule has 21 heavy (non-hydrogen) atoms. The minimum absolute atomic E-state index is 0.423. The third-order valence-corrected chi connectivity index (χ3v) is 2.90. The lowest BCUT2D eigenvalue weighted by atomic mass is 10.2. The molecule has 100 valence electrons. The molecule has 1 aromatic heterocycles. The topological polar surface area (TPSA) is 26.0 Å². The molecule has 2 nitrogen and oxygen atoms in total. The van der Waals surface area contributed by atoms with Crippen LogP contribution in [0.25, 0.3) is 17.4 Å². The second kappa shape index (κ2) is 6.40.